The largest absolute Gasteiger partial charge is 0.375 e. The van der Waals surface area contributed by atoms with Crippen LogP contribution in [0, 0.1) is 0 Å². The average molecular weight is 389 g/mol. The van der Waals surface area contributed by atoms with Crippen LogP contribution in [0.3, 0.4) is 0 Å². The summed E-state index contributed by atoms with van der Waals surface area (Å²) in [7, 11) is 1.57. The number of aromatic amines is 1. The molecule has 0 bridgehead atoms. The third kappa shape index (κ3) is 3.49. The molecule has 1 amide bonds. The molecule has 1 saturated heterocycles. The monoisotopic (exact) mass is 388 g/mol. The number of benzene rings is 1. The number of likely N-dealkylation sites (tertiary alicyclic amines) is 1. The van der Waals surface area contributed by atoms with Crippen LogP contribution in [0.5, 0.6) is 0 Å². The van der Waals surface area contributed by atoms with Gasteiger partial charge in [-0.25, -0.2) is 4.98 Å². The van der Waals surface area contributed by atoms with Gasteiger partial charge in [0.05, 0.1) is 17.6 Å². The average Bonchev–Trinajstić information content (AvgIpc) is 3.16. The van der Waals surface area contributed by atoms with E-state index < -0.39 is 0 Å². The molecular weight excluding hydrogens is 364 g/mol. The highest BCUT2D eigenvalue weighted by Crippen LogP contribution is 2.42. The highest BCUT2D eigenvalue weighted by atomic mass is 35.5. The molecule has 7 heteroatoms. The van der Waals surface area contributed by atoms with Gasteiger partial charge in [-0.15, -0.1) is 0 Å². The van der Waals surface area contributed by atoms with Crippen molar-refractivity contribution in [2.45, 2.75) is 31.3 Å². The molecule has 1 fully saturated rings. The predicted molar refractivity (Wildman–Crippen MR) is 104 cm³/mol. The van der Waals surface area contributed by atoms with E-state index >= 15 is 0 Å². The maximum Gasteiger partial charge on any atom is 0.249 e. The Balaban J connectivity index is 1.53. The number of methoxy groups -OCH3 is 1. The number of fused-ring (bicyclic) bond motifs is 2. The van der Waals surface area contributed by atoms with Crippen LogP contribution >= 0.6 is 11.6 Å². The quantitative estimate of drug-likeness (QED) is 0.874. The molecule has 4 rings (SSSR count). The standard InChI is InChI=1S/C20H25ClN4O2/c1-27-13-18(26)25-9-6-17-19(23-14-22-17)20(25)7-10-24(11-8-20)12-15-2-4-16(21)5-3-15/h2-5,14H,6-13H2,1H3,(H,22,23). The number of carbonyl (C=O) groups is 1. The van der Waals surface area contributed by atoms with Gasteiger partial charge in [0, 0.05) is 50.4 Å². The van der Waals surface area contributed by atoms with E-state index in [1.165, 1.54) is 11.3 Å². The van der Waals surface area contributed by atoms with Gasteiger partial charge in [-0.3, -0.25) is 9.69 Å². The van der Waals surface area contributed by atoms with Crippen LogP contribution in [0.4, 0.5) is 0 Å². The van der Waals surface area contributed by atoms with E-state index in [9.17, 15) is 4.79 Å². The van der Waals surface area contributed by atoms with Crippen LogP contribution < -0.4 is 0 Å². The minimum absolute atomic E-state index is 0.0531. The fraction of sp³-hybridized carbons (Fsp3) is 0.500. The molecule has 0 saturated carbocycles. The maximum atomic E-state index is 12.7. The molecule has 27 heavy (non-hydrogen) atoms. The summed E-state index contributed by atoms with van der Waals surface area (Å²) in [4.78, 5) is 25.1. The zero-order valence-corrected chi connectivity index (χ0v) is 16.3. The number of halogens is 1. The summed E-state index contributed by atoms with van der Waals surface area (Å²) in [6.07, 6.45) is 4.35. The van der Waals surface area contributed by atoms with Gasteiger partial charge in [-0.1, -0.05) is 23.7 Å². The number of imidazole rings is 1. The number of ether oxygens (including phenoxy) is 1. The third-order valence-electron chi connectivity index (χ3n) is 5.83. The summed E-state index contributed by atoms with van der Waals surface area (Å²) in [5.74, 6) is 0.0531. The van der Waals surface area contributed by atoms with Crippen LogP contribution in [-0.2, 0) is 28.0 Å². The van der Waals surface area contributed by atoms with Crippen molar-refractivity contribution in [3.05, 3.63) is 52.6 Å². The summed E-state index contributed by atoms with van der Waals surface area (Å²) >= 11 is 5.99. The van der Waals surface area contributed by atoms with Crippen molar-refractivity contribution in [1.82, 2.24) is 19.8 Å². The minimum Gasteiger partial charge on any atom is -0.375 e. The van der Waals surface area contributed by atoms with E-state index in [1.54, 1.807) is 13.4 Å². The van der Waals surface area contributed by atoms with Crippen molar-refractivity contribution in [2.75, 3.05) is 33.4 Å². The van der Waals surface area contributed by atoms with Crippen molar-refractivity contribution in [1.29, 1.82) is 0 Å². The number of hydrogen-bond acceptors (Lipinski definition) is 4. The van der Waals surface area contributed by atoms with E-state index in [4.69, 9.17) is 16.3 Å². The topological polar surface area (TPSA) is 61.5 Å². The highest BCUT2D eigenvalue weighted by Gasteiger charge is 2.48. The summed E-state index contributed by atoms with van der Waals surface area (Å²) in [5, 5.41) is 0.761. The number of H-pyrrole nitrogens is 1. The Labute approximate surface area is 164 Å². The van der Waals surface area contributed by atoms with Gasteiger partial charge in [0.15, 0.2) is 0 Å². The summed E-state index contributed by atoms with van der Waals surface area (Å²) in [6.45, 7) is 3.58. The molecule has 2 aromatic rings. The number of rotatable bonds is 4. The summed E-state index contributed by atoms with van der Waals surface area (Å²) in [6, 6.07) is 8.02. The molecule has 144 valence electrons. The number of hydrogen-bond donors (Lipinski definition) is 1. The number of nitrogens with one attached hydrogen (secondary N) is 1. The van der Waals surface area contributed by atoms with E-state index in [-0.39, 0.29) is 18.1 Å². The first-order valence-electron chi connectivity index (χ1n) is 9.41. The molecular formula is C20H25ClN4O2. The zero-order chi connectivity index (χ0) is 18.9. The van der Waals surface area contributed by atoms with Gasteiger partial charge in [-0.05, 0) is 30.5 Å². The maximum absolute atomic E-state index is 12.7. The molecule has 0 aliphatic carbocycles. The minimum atomic E-state index is -0.320. The second-order valence-corrected chi connectivity index (χ2v) is 7.83. The van der Waals surface area contributed by atoms with Gasteiger partial charge >= 0.3 is 0 Å². The SMILES string of the molecule is COCC(=O)N1CCc2[nH]cnc2C12CCN(Cc1ccc(Cl)cc1)CC2. The Hall–Kier alpha value is -1.89. The number of nitrogens with zero attached hydrogens (tertiary/aromatic N) is 3. The molecule has 0 radical (unpaired) electrons. The lowest BCUT2D eigenvalue weighted by Gasteiger charge is -2.50. The van der Waals surface area contributed by atoms with Crippen LogP contribution in [0.2, 0.25) is 5.02 Å². The van der Waals surface area contributed by atoms with E-state index in [0.717, 1.165) is 49.6 Å². The molecule has 6 nitrogen and oxygen atoms in total. The van der Waals surface area contributed by atoms with Crippen molar-refractivity contribution in [3.8, 4) is 0 Å². The van der Waals surface area contributed by atoms with Crippen LogP contribution in [0.25, 0.3) is 0 Å². The van der Waals surface area contributed by atoms with Crippen LogP contribution in [0.1, 0.15) is 29.8 Å². The van der Waals surface area contributed by atoms with E-state index in [0.29, 0.717) is 6.54 Å². The molecule has 2 aliphatic heterocycles. The lowest BCUT2D eigenvalue weighted by Crippen LogP contribution is -2.58. The third-order valence-corrected chi connectivity index (χ3v) is 6.08. The highest BCUT2D eigenvalue weighted by molar-refractivity contribution is 6.30. The Morgan fingerprint density at radius 1 is 1.26 bits per heavy atom. The van der Waals surface area contributed by atoms with Gasteiger partial charge in [0.1, 0.15) is 6.61 Å². The molecule has 3 heterocycles. The molecule has 1 N–H and O–H groups in total. The predicted octanol–water partition coefficient (Wildman–Crippen LogP) is 2.59. The van der Waals surface area contributed by atoms with Gasteiger partial charge in [-0.2, -0.15) is 0 Å². The smallest absolute Gasteiger partial charge is 0.249 e. The fourth-order valence-electron chi connectivity index (χ4n) is 4.48. The van der Waals surface area contributed by atoms with Crippen molar-refractivity contribution >= 4 is 17.5 Å². The molecule has 2 aliphatic rings. The van der Waals surface area contributed by atoms with E-state index in [2.05, 4.69) is 27.0 Å². The molecule has 1 aromatic heterocycles. The van der Waals surface area contributed by atoms with E-state index in [1.807, 2.05) is 17.0 Å². The van der Waals surface area contributed by atoms with Gasteiger partial charge < -0.3 is 14.6 Å². The first-order valence-corrected chi connectivity index (χ1v) is 9.79. The second kappa shape index (κ2) is 7.62. The Morgan fingerprint density at radius 2 is 2.00 bits per heavy atom. The number of piperidine rings is 1. The van der Waals surface area contributed by atoms with Gasteiger partial charge in [0.2, 0.25) is 5.91 Å². The van der Waals surface area contributed by atoms with Crippen molar-refractivity contribution in [3.63, 3.8) is 0 Å². The zero-order valence-electron chi connectivity index (χ0n) is 15.6. The normalized spacial score (nSPS) is 19.3. The van der Waals surface area contributed by atoms with Crippen LogP contribution in [0.15, 0.2) is 30.6 Å². The fourth-order valence-corrected chi connectivity index (χ4v) is 4.60. The molecule has 0 unspecified atom stereocenters. The molecule has 0 atom stereocenters. The first kappa shape index (κ1) is 18.5. The number of carbonyl (C=O) groups excluding carboxylic acids is 1. The summed E-state index contributed by atoms with van der Waals surface area (Å²) in [5.41, 5.74) is 3.15. The van der Waals surface area contributed by atoms with Gasteiger partial charge in [0.25, 0.3) is 0 Å². The number of aromatic nitrogens is 2. The molecule has 1 aromatic carbocycles. The molecule has 1 spiro atoms. The first-order chi connectivity index (χ1) is 13.1. The Kier molecular flexibility index (Phi) is 5.21. The number of amides is 1. The lowest BCUT2D eigenvalue weighted by atomic mass is 9.78. The Bertz CT molecular complexity index is 797. The lowest BCUT2D eigenvalue weighted by molar-refractivity contribution is -0.146. The summed E-state index contributed by atoms with van der Waals surface area (Å²) < 4.78 is 5.13. The van der Waals surface area contributed by atoms with Crippen molar-refractivity contribution < 1.29 is 9.53 Å². The van der Waals surface area contributed by atoms with Crippen LogP contribution in [-0.4, -0.2) is 59.0 Å². The Morgan fingerprint density at radius 3 is 2.70 bits per heavy atom. The second-order valence-electron chi connectivity index (χ2n) is 7.39. The van der Waals surface area contributed by atoms with Crippen molar-refractivity contribution in [2.24, 2.45) is 0 Å².